The van der Waals surface area contributed by atoms with Gasteiger partial charge in [-0.3, -0.25) is 10.0 Å². The first kappa shape index (κ1) is 14.0. The van der Waals surface area contributed by atoms with Crippen molar-refractivity contribution in [2.24, 2.45) is 0 Å². The molecule has 1 amide bonds. The number of hydrogen-bond acceptors (Lipinski definition) is 3. The van der Waals surface area contributed by atoms with E-state index in [1.807, 2.05) is 19.1 Å². The number of amides is 1. The van der Waals surface area contributed by atoms with E-state index < -0.39 is 5.91 Å². The van der Waals surface area contributed by atoms with E-state index in [2.05, 4.69) is 50.5 Å². The van der Waals surface area contributed by atoms with Crippen molar-refractivity contribution in [3.8, 4) is 0 Å². The van der Waals surface area contributed by atoms with E-state index in [1.165, 1.54) is 0 Å². The van der Waals surface area contributed by atoms with Crippen molar-refractivity contribution in [3.63, 3.8) is 0 Å². The second kappa shape index (κ2) is 6.60. The quantitative estimate of drug-likeness (QED) is 0.379. The van der Waals surface area contributed by atoms with Gasteiger partial charge in [0.15, 0.2) is 0 Å². The van der Waals surface area contributed by atoms with Crippen molar-refractivity contribution in [1.29, 1.82) is 0 Å². The van der Waals surface area contributed by atoms with E-state index in [0.29, 0.717) is 0 Å². The Morgan fingerprint density at radius 1 is 1.38 bits per heavy atom. The molecule has 0 aliphatic carbocycles. The summed E-state index contributed by atoms with van der Waals surface area (Å²) >= 11 is 4.46. The Labute approximate surface area is 121 Å². The average Bonchev–Trinajstić information content (AvgIpc) is 2.23. The van der Waals surface area contributed by atoms with Crippen molar-refractivity contribution < 1.29 is 10.0 Å². The van der Waals surface area contributed by atoms with Gasteiger partial charge in [0.2, 0.25) is 5.91 Å². The highest BCUT2D eigenvalue weighted by Crippen LogP contribution is 2.26. The molecule has 0 saturated heterocycles. The highest BCUT2D eigenvalue weighted by molar-refractivity contribution is 14.1. The van der Waals surface area contributed by atoms with Crippen LogP contribution < -0.4 is 10.8 Å². The maximum atomic E-state index is 11.0. The predicted octanol–water partition coefficient (Wildman–Crippen LogP) is 2.38. The van der Waals surface area contributed by atoms with Crippen LogP contribution in [0.2, 0.25) is 0 Å². The van der Waals surface area contributed by atoms with Crippen LogP contribution in [-0.2, 0) is 11.2 Å². The normalized spacial score (nSPS) is 10.0. The van der Waals surface area contributed by atoms with Gasteiger partial charge < -0.3 is 5.32 Å². The Bertz CT molecular complexity index is 373. The number of benzene rings is 1. The molecule has 88 valence electrons. The van der Waals surface area contributed by atoms with E-state index >= 15 is 0 Å². The number of nitrogens with one attached hydrogen (secondary N) is 2. The van der Waals surface area contributed by atoms with E-state index in [1.54, 1.807) is 5.48 Å². The van der Waals surface area contributed by atoms with Crippen LogP contribution in [-0.4, -0.2) is 17.7 Å². The maximum absolute atomic E-state index is 11.0. The van der Waals surface area contributed by atoms with Gasteiger partial charge in [0.1, 0.15) is 0 Å². The molecule has 0 aliphatic rings. The standard InChI is InChI=1S/C10H12I2N2O2/c1-2-13-10-7(11)3-6(4-8(10)12)5-9(15)14-16/h3-4,13,16H,2,5H2,1H3,(H,14,15). The van der Waals surface area contributed by atoms with Crippen LogP contribution in [0, 0.1) is 7.14 Å². The first-order chi connectivity index (χ1) is 7.58. The van der Waals surface area contributed by atoms with Gasteiger partial charge in [0, 0.05) is 13.7 Å². The highest BCUT2D eigenvalue weighted by atomic mass is 127. The molecule has 1 aromatic carbocycles. The summed E-state index contributed by atoms with van der Waals surface area (Å²) in [4.78, 5) is 11.0. The molecule has 0 aliphatic heterocycles. The monoisotopic (exact) mass is 446 g/mol. The summed E-state index contributed by atoms with van der Waals surface area (Å²) in [6, 6.07) is 3.88. The van der Waals surface area contributed by atoms with Gasteiger partial charge in [-0.1, -0.05) is 0 Å². The fraction of sp³-hybridized carbons (Fsp3) is 0.300. The number of carbonyl (C=O) groups excluding carboxylic acids is 1. The van der Waals surface area contributed by atoms with Crippen molar-refractivity contribution in [1.82, 2.24) is 5.48 Å². The SMILES string of the molecule is CCNc1c(I)cc(CC(=O)NO)cc1I. The summed E-state index contributed by atoms with van der Waals surface area (Å²) in [5.41, 5.74) is 3.62. The topological polar surface area (TPSA) is 61.4 Å². The largest absolute Gasteiger partial charge is 0.384 e. The number of hydroxylamine groups is 1. The van der Waals surface area contributed by atoms with Crippen LogP contribution in [0.1, 0.15) is 12.5 Å². The second-order valence-corrected chi connectivity index (χ2v) is 5.50. The molecule has 16 heavy (non-hydrogen) atoms. The molecular formula is C10H12I2N2O2. The predicted molar refractivity (Wildman–Crippen MR) is 79.7 cm³/mol. The van der Waals surface area contributed by atoms with Crippen LogP contribution in [0.5, 0.6) is 0 Å². The Kier molecular flexibility index (Phi) is 5.76. The van der Waals surface area contributed by atoms with Crippen LogP contribution >= 0.6 is 45.2 Å². The molecule has 1 rings (SSSR count). The van der Waals surface area contributed by atoms with Crippen LogP contribution in [0.25, 0.3) is 0 Å². The third-order valence-electron chi connectivity index (χ3n) is 1.94. The number of carbonyl (C=O) groups is 1. The summed E-state index contributed by atoms with van der Waals surface area (Å²) in [6.45, 7) is 2.90. The van der Waals surface area contributed by atoms with Crippen LogP contribution in [0.3, 0.4) is 0 Å². The minimum absolute atomic E-state index is 0.189. The minimum atomic E-state index is -0.400. The maximum Gasteiger partial charge on any atom is 0.247 e. The molecule has 6 heteroatoms. The number of hydrogen-bond donors (Lipinski definition) is 3. The molecule has 0 spiro atoms. The summed E-state index contributed by atoms with van der Waals surface area (Å²) < 4.78 is 2.15. The molecule has 0 fully saturated rings. The number of rotatable bonds is 4. The van der Waals surface area contributed by atoms with Crippen molar-refractivity contribution in [3.05, 3.63) is 24.8 Å². The number of halogens is 2. The lowest BCUT2D eigenvalue weighted by Crippen LogP contribution is -2.20. The van der Waals surface area contributed by atoms with Crippen LogP contribution in [0.15, 0.2) is 12.1 Å². The second-order valence-electron chi connectivity index (χ2n) is 3.18. The molecule has 3 N–H and O–H groups in total. The molecule has 0 saturated carbocycles. The smallest absolute Gasteiger partial charge is 0.247 e. The third kappa shape index (κ3) is 3.74. The molecule has 0 heterocycles. The summed E-state index contributed by atoms with van der Waals surface area (Å²) in [6.07, 6.45) is 0.189. The molecule has 0 radical (unpaired) electrons. The van der Waals surface area contributed by atoms with Crippen LogP contribution in [0.4, 0.5) is 5.69 Å². The Balaban J connectivity index is 2.95. The van der Waals surface area contributed by atoms with Gasteiger partial charge in [-0.2, -0.15) is 0 Å². The van der Waals surface area contributed by atoms with Crippen molar-refractivity contribution in [2.45, 2.75) is 13.3 Å². The van der Waals surface area contributed by atoms with Crippen molar-refractivity contribution in [2.75, 3.05) is 11.9 Å². The molecule has 4 nitrogen and oxygen atoms in total. The Morgan fingerprint density at radius 3 is 2.38 bits per heavy atom. The molecule has 0 atom stereocenters. The van der Waals surface area contributed by atoms with E-state index in [9.17, 15) is 4.79 Å². The zero-order valence-corrected chi connectivity index (χ0v) is 13.0. The van der Waals surface area contributed by atoms with E-state index in [0.717, 1.165) is 24.9 Å². The van der Waals surface area contributed by atoms with Gasteiger partial charge in [-0.25, -0.2) is 5.48 Å². The first-order valence-corrected chi connectivity index (χ1v) is 6.89. The van der Waals surface area contributed by atoms with Gasteiger partial charge in [0.25, 0.3) is 0 Å². The summed E-state index contributed by atoms with van der Waals surface area (Å²) in [5.74, 6) is -0.400. The van der Waals surface area contributed by atoms with Gasteiger partial charge in [-0.15, -0.1) is 0 Å². The van der Waals surface area contributed by atoms with E-state index in [-0.39, 0.29) is 6.42 Å². The van der Waals surface area contributed by atoms with Crippen molar-refractivity contribution >= 4 is 56.8 Å². The molecule has 1 aromatic rings. The number of anilines is 1. The molecular weight excluding hydrogens is 434 g/mol. The Hall–Kier alpha value is -0.0900. The zero-order chi connectivity index (χ0) is 12.1. The molecule has 0 aromatic heterocycles. The lowest BCUT2D eigenvalue weighted by Gasteiger charge is -2.11. The fourth-order valence-electron chi connectivity index (χ4n) is 1.30. The summed E-state index contributed by atoms with van der Waals surface area (Å²) in [7, 11) is 0. The first-order valence-electron chi connectivity index (χ1n) is 4.73. The van der Waals surface area contributed by atoms with Gasteiger partial charge >= 0.3 is 0 Å². The fourth-order valence-corrected chi connectivity index (χ4v) is 3.58. The Morgan fingerprint density at radius 2 is 1.94 bits per heavy atom. The minimum Gasteiger partial charge on any atom is -0.384 e. The van der Waals surface area contributed by atoms with Gasteiger partial charge in [0.05, 0.1) is 12.1 Å². The van der Waals surface area contributed by atoms with Gasteiger partial charge in [-0.05, 0) is 69.8 Å². The van der Waals surface area contributed by atoms with E-state index in [4.69, 9.17) is 5.21 Å². The molecule has 0 bridgehead atoms. The zero-order valence-electron chi connectivity index (χ0n) is 8.68. The average molecular weight is 446 g/mol. The molecule has 0 unspecified atom stereocenters. The lowest BCUT2D eigenvalue weighted by atomic mass is 10.1. The lowest BCUT2D eigenvalue weighted by molar-refractivity contribution is -0.128. The summed E-state index contributed by atoms with van der Waals surface area (Å²) in [5, 5.41) is 11.7. The third-order valence-corrected chi connectivity index (χ3v) is 3.65. The highest BCUT2D eigenvalue weighted by Gasteiger charge is 2.09.